The summed E-state index contributed by atoms with van der Waals surface area (Å²) in [5.41, 5.74) is 1.23. The maximum absolute atomic E-state index is 13.8. The molecule has 0 bridgehead atoms. The zero-order valence-corrected chi connectivity index (χ0v) is 22.9. The van der Waals surface area contributed by atoms with Gasteiger partial charge in [0.1, 0.15) is 10.5 Å². The molecule has 0 radical (unpaired) electrons. The summed E-state index contributed by atoms with van der Waals surface area (Å²) in [6.45, 7) is 6.79. The average Bonchev–Trinajstić information content (AvgIpc) is 3.29. The van der Waals surface area contributed by atoms with E-state index in [-0.39, 0.29) is 24.6 Å². The Balaban J connectivity index is 1.70. The van der Waals surface area contributed by atoms with Crippen LogP contribution in [0.2, 0.25) is 0 Å². The number of nitrogens with zero attached hydrogens (tertiary/aromatic N) is 5. The number of hydrogen-bond donors (Lipinski definition) is 0. The Morgan fingerprint density at radius 2 is 1.69 bits per heavy atom. The predicted octanol–water partition coefficient (Wildman–Crippen LogP) is 3.31. The fraction of sp³-hybridized carbons (Fsp3) is 0.276. The number of carbonyl (C=O) groups excluding carboxylic acids is 1. The lowest BCUT2D eigenvalue weighted by Crippen LogP contribution is -2.40. The second-order valence-corrected chi connectivity index (χ2v) is 10.3. The van der Waals surface area contributed by atoms with Gasteiger partial charge in [-0.25, -0.2) is 9.78 Å². The first kappa shape index (κ1) is 26.3. The van der Waals surface area contributed by atoms with Crippen LogP contribution in [0.3, 0.4) is 0 Å². The number of amides is 1. The van der Waals surface area contributed by atoms with Crippen LogP contribution in [0.15, 0.2) is 75.2 Å². The molecule has 5 aromatic rings. The quantitative estimate of drug-likeness (QED) is 0.299. The molecule has 0 saturated heterocycles. The minimum Gasteiger partial charge on any atom is -0.338 e. The summed E-state index contributed by atoms with van der Waals surface area (Å²) < 4.78 is 4.13. The van der Waals surface area contributed by atoms with Gasteiger partial charge in [0.2, 0.25) is 0 Å². The molecule has 0 aliphatic heterocycles. The number of aromatic nitrogens is 4. The molecule has 4 aromatic heterocycles. The summed E-state index contributed by atoms with van der Waals surface area (Å²) in [5.74, 6) is -0.171. The first-order valence-electron chi connectivity index (χ1n) is 12.9. The van der Waals surface area contributed by atoms with Gasteiger partial charge in [-0.15, -0.1) is 11.3 Å². The van der Waals surface area contributed by atoms with Gasteiger partial charge >= 0.3 is 5.69 Å². The Morgan fingerprint density at radius 1 is 0.974 bits per heavy atom. The van der Waals surface area contributed by atoms with Crippen LogP contribution in [0.5, 0.6) is 0 Å². The second-order valence-electron chi connectivity index (χ2n) is 9.29. The van der Waals surface area contributed by atoms with Crippen LogP contribution in [-0.2, 0) is 19.5 Å². The second kappa shape index (κ2) is 10.8. The summed E-state index contributed by atoms with van der Waals surface area (Å²) >= 11 is 1.14. The summed E-state index contributed by atoms with van der Waals surface area (Å²) in [6.07, 6.45) is 2.13. The van der Waals surface area contributed by atoms with E-state index in [1.54, 1.807) is 36.2 Å². The highest BCUT2D eigenvalue weighted by molar-refractivity contribution is 7.20. The van der Waals surface area contributed by atoms with E-state index in [9.17, 15) is 19.2 Å². The molecule has 0 atom stereocenters. The van der Waals surface area contributed by atoms with Crippen LogP contribution in [0, 0.1) is 6.92 Å². The molecule has 0 N–H and O–H groups in total. The van der Waals surface area contributed by atoms with Gasteiger partial charge in [0.15, 0.2) is 0 Å². The Kier molecular flexibility index (Phi) is 7.30. The lowest BCUT2D eigenvalue weighted by Gasteiger charge is -2.17. The van der Waals surface area contributed by atoms with E-state index >= 15 is 0 Å². The van der Waals surface area contributed by atoms with Gasteiger partial charge in [-0.1, -0.05) is 36.4 Å². The third-order valence-electron chi connectivity index (χ3n) is 6.95. The molecule has 9 nitrogen and oxygen atoms in total. The SMILES string of the molecule is CCN(CC)C(=O)c1sc2c(c1C)c(=O)n(CCc1ccccc1)c(=O)n2Cc1cc(=O)n2ccccc2n1. The average molecular weight is 544 g/mol. The molecule has 5 rings (SSSR count). The molecule has 0 unspecified atom stereocenters. The molecule has 39 heavy (non-hydrogen) atoms. The first-order chi connectivity index (χ1) is 18.8. The molecule has 4 heterocycles. The lowest BCUT2D eigenvalue weighted by molar-refractivity contribution is 0.0777. The zero-order valence-electron chi connectivity index (χ0n) is 22.1. The summed E-state index contributed by atoms with van der Waals surface area (Å²) in [4.78, 5) is 60.8. The molecule has 10 heteroatoms. The van der Waals surface area contributed by atoms with Crippen molar-refractivity contribution < 1.29 is 4.79 Å². The number of rotatable bonds is 8. The number of carbonyl (C=O) groups is 1. The molecule has 0 saturated carbocycles. The molecule has 0 aliphatic carbocycles. The van der Waals surface area contributed by atoms with Gasteiger partial charge < -0.3 is 4.90 Å². The van der Waals surface area contributed by atoms with Crippen molar-refractivity contribution in [3.8, 4) is 0 Å². The van der Waals surface area contributed by atoms with E-state index in [1.165, 1.54) is 19.6 Å². The maximum Gasteiger partial charge on any atom is 0.332 e. The fourth-order valence-corrected chi connectivity index (χ4v) is 6.08. The van der Waals surface area contributed by atoms with Crippen molar-refractivity contribution in [1.82, 2.24) is 23.4 Å². The van der Waals surface area contributed by atoms with Crippen molar-refractivity contribution in [2.45, 2.75) is 40.3 Å². The van der Waals surface area contributed by atoms with Crippen molar-refractivity contribution in [3.63, 3.8) is 0 Å². The standard InChI is InChI=1S/C29H29N5O4S/c1-4-31(5-2)27(37)25-19(3)24-26(36)33(16-14-20-11-7-6-8-12-20)29(38)34(28(24)39-25)18-21-17-23(35)32-15-10-9-13-22(32)30-21/h6-13,15,17H,4-5,14,16,18H2,1-3H3. The molecule has 0 spiro atoms. The topological polar surface area (TPSA) is 98.7 Å². The fourth-order valence-electron chi connectivity index (χ4n) is 4.82. The summed E-state index contributed by atoms with van der Waals surface area (Å²) in [7, 11) is 0. The minimum absolute atomic E-state index is 0.0135. The van der Waals surface area contributed by atoms with E-state index in [4.69, 9.17) is 0 Å². The van der Waals surface area contributed by atoms with Crippen molar-refractivity contribution >= 4 is 33.1 Å². The molecule has 200 valence electrons. The van der Waals surface area contributed by atoms with E-state index in [1.807, 2.05) is 44.2 Å². The van der Waals surface area contributed by atoms with Crippen LogP contribution in [-0.4, -0.2) is 42.4 Å². The van der Waals surface area contributed by atoms with E-state index in [0.29, 0.717) is 51.5 Å². The van der Waals surface area contributed by atoms with Gasteiger partial charge in [-0.2, -0.15) is 0 Å². The summed E-state index contributed by atoms with van der Waals surface area (Å²) in [5, 5.41) is 0.348. The van der Waals surface area contributed by atoms with Gasteiger partial charge in [0.05, 0.1) is 22.5 Å². The van der Waals surface area contributed by atoms with E-state index in [0.717, 1.165) is 16.9 Å². The third kappa shape index (κ3) is 4.83. The highest BCUT2D eigenvalue weighted by atomic mass is 32.1. The highest BCUT2D eigenvalue weighted by Gasteiger charge is 2.25. The van der Waals surface area contributed by atoms with Gasteiger partial charge in [0.25, 0.3) is 17.0 Å². The van der Waals surface area contributed by atoms with Gasteiger partial charge in [0, 0.05) is 31.9 Å². The lowest BCUT2D eigenvalue weighted by atomic mass is 10.1. The van der Waals surface area contributed by atoms with E-state index < -0.39 is 11.2 Å². The number of fused-ring (bicyclic) bond motifs is 2. The smallest absolute Gasteiger partial charge is 0.332 e. The number of hydrogen-bond acceptors (Lipinski definition) is 6. The van der Waals surface area contributed by atoms with Crippen molar-refractivity contribution in [3.05, 3.63) is 114 Å². The molecule has 1 amide bonds. The number of aryl methyl sites for hydroxylation is 2. The Morgan fingerprint density at radius 3 is 2.41 bits per heavy atom. The van der Waals surface area contributed by atoms with Crippen LogP contribution in [0.25, 0.3) is 15.9 Å². The van der Waals surface area contributed by atoms with Crippen LogP contribution >= 0.6 is 11.3 Å². The maximum atomic E-state index is 13.8. The van der Waals surface area contributed by atoms with Crippen molar-refractivity contribution in [2.75, 3.05) is 13.1 Å². The molecular weight excluding hydrogens is 514 g/mol. The number of benzene rings is 1. The Bertz CT molecular complexity index is 1860. The number of pyridine rings is 1. The van der Waals surface area contributed by atoms with Crippen LogP contribution in [0.4, 0.5) is 0 Å². The van der Waals surface area contributed by atoms with Crippen molar-refractivity contribution in [2.24, 2.45) is 0 Å². The number of thiophene rings is 1. The van der Waals surface area contributed by atoms with Crippen LogP contribution < -0.4 is 16.8 Å². The zero-order chi connectivity index (χ0) is 27.7. The monoisotopic (exact) mass is 543 g/mol. The first-order valence-corrected chi connectivity index (χ1v) is 13.7. The molecule has 0 fully saturated rings. The Labute approximate surface area is 228 Å². The highest BCUT2D eigenvalue weighted by Crippen LogP contribution is 2.29. The third-order valence-corrected chi connectivity index (χ3v) is 8.25. The molecule has 0 aliphatic rings. The molecule has 1 aromatic carbocycles. The van der Waals surface area contributed by atoms with Crippen molar-refractivity contribution in [1.29, 1.82) is 0 Å². The van der Waals surface area contributed by atoms with Crippen LogP contribution in [0.1, 0.15) is 40.3 Å². The van der Waals surface area contributed by atoms with Gasteiger partial charge in [-0.05, 0) is 50.5 Å². The minimum atomic E-state index is -0.499. The van der Waals surface area contributed by atoms with Gasteiger partial charge in [-0.3, -0.25) is 27.9 Å². The molecular formula is C29H29N5O4S. The Hall–Kier alpha value is -4.31. The largest absolute Gasteiger partial charge is 0.338 e. The normalized spacial score (nSPS) is 11.4. The summed E-state index contributed by atoms with van der Waals surface area (Å²) in [6, 6.07) is 16.3. The van der Waals surface area contributed by atoms with E-state index in [2.05, 4.69) is 4.98 Å². The predicted molar refractivity (Wildman–Crippen MR) is 153 cm³/mol.